The van der Waals surface area contributed by atoms with Crippen LogP contribution in [0, 0.1) is 0 Å². The van der Waals surface area contributed by atoms with Gasteiger partial charge in [-0.2, -0.15) is 0 Å². The first-order valence-corrected chi connectivity index (χ1v) is 4.26. The molecule has 0 unspecified atom stereocenters. The number of hydrogen-bond acceptors (Lipinski definition) is 3. The summed E-state index contributed by atoms with van der Waals surface area (Å²) < 4.78 is 4.53. The smallest absolute Gasteiger partial charge is 0.309 e. The summed E-state index contributed by atoms with van der Waals surface area (Å²) in [6.07, 6.45) is 2.37. The van der Waals surface area contributed by atoms with Crippen molar-refractivity contribution in [2.24, 2.45) is 0 Å². The molecular formula is C11H11O3. The number of hydrogen-bond donors (Lipinski definition) is 0. The summed E-state index contributed by atoms with van der Waals surface area (Å²) in [5.41, 5.74) is 1.78. The molecule has 1 aromatic carbocycles. The minimum Gasteiger partial charge on any atom is -0.469 e. The minimum absolute atomic E-state index is 0.264. The normalized spacial score (nSPS) is 9.50. The van der Waals surface area contributed by atoms with E-state index in [9.17, 15) is 9.59 Å². The molecular weight excluding hydrogens is 180 g/mol. The second-order valence-corrected chi connectivity index (χ2v) is 2.89. The SMILES string of the molecule is COC(=O)Cc1ccc(C[C]=O)cc1. The van der Waals surface area contributed by atoms with E-state index in [1.165, 1.54) is 7.11 Å². The van der Waals surface area contributed by atoms with Gasteiger partial charge in [0, 0.05) is 6.42 Å². The average molecular weight is 191 g/mol. The Labute approximate surface area is 82.7 Å². The summed E-state index contributed by atoms with van der Waals surface area (Å²) >= 11 is 0. The lowest BCUT2D eigenvalue weighted by atomic mass is 10.1. The molecule has 0 heterocycles. The van der Waals surface area contributed by atoms with E-state index in [0.29, 0.717) is 6.42 Å². The number of benzene rings is 1. The third-order valence-electron chi connectivity index (χ3n) is 1.88. The summed E-state index contributed by atoms with van der Waals surface area (Å²) in [4.78, 5) is 21.0. The molecule has 0 aromatic heterocycles. The van der Waals surface area contributed by atoms with E-state index in [4.69, 9.17) is 0 Å². The molecule has 0 aliphatic heterocycles. The van der Waals surface area contributed by atoms with Gasteiger partial charge >= 0.3 is 5.97 Å². The van der Waals surface area contributed by atoms with E-state index in [2.05, 4.69) is 4.74 Å². The lowest BCUT2D eigenvalue weighted by Gasteiger charge is -2.00. The molecule has 0 saturated heterocycles. The molecule has 0 saturated carbocycles. The maximum Gasteiger partial charge on any atom is 0.309 e. The summed E-state index contributed by atoms with van der Waals surface area (Å²) in [6, 6.07) is 7.24. The number of methoxy groups -OCH3 is 1. The monoisotopic (exact) mass is 191 g/mol. The maximum atomic E-state index is 10.9. The summed E-state index contributed by atoms with van der Waals surface area (Å²) in [5, 5.41) is 0. The van der Waals surface area contributed by atoms with Gasteiger partial charge in [0.15, 0.2) is 0 Å². The lowest BCUT2D eigenvalue weighted by Crippen LogP contribution is -2.04. The zero-order valence-corrected chi connectivity index (χ0v) is 7.95. The minimum atomic E-state index is -0.264. The van der Waals surface area contributed by atoms with Crippen LogP contribution in [0.15, 0.2) is 24.3 Å². The van der Waals surface area contributed by atoms with Crippen molar-refractivity contribution in [3.63, 3.8) is 0 Å². The predicted octanol–water partition coefficient (Wildman–Crippen LogP) is 1.05. The maximum absolute atomic E-state index is 10.9. The van der Waals surface area contributed by atoms with Crippen LogP contribution in [0.2, 0.25) is 0 Å². The first-order chi connectivity index (χ1) is 6.76. The molecule has 0 atom stereocenters. The van der Waals surface area contributed by atoms with Crippen LogP contribution in [0.4, 0.5) is 0 Å². The number of rotatable bonds is 4. The van der Waals surface area contributed by atoms with Gasteiger partial charge in [-0.25, -0.2) is 0 Å². The van der Waals surface area contributed by atoms with Crippen molar-refractivity contribution < 1.29 is 14.3 Å². The second kappa shape index (κ2) is 5.17. The van der Waals surface area contributed by atoms with Gasteiger partial charge in [-0.15, -0.1) is 0 Å². The zero-order chi connectivity index (χ0) is 10.4. The molecule has 0 N–H and O–H groups in total. The number of ether oxygens (including phenoxy) is 1. The highest BCUT2D eigenvalue weighted by Gasteiger charge is 2.02. The highest BCUT2D eigenvalue weighted by molar-refractivity contribution is 5.72. The number of carbonyl (C=O) groups is 1. The van der Waals surface area contributed by atoms with Crippen LogP contribution in [0.1, 0.15) is 11.1 Å². The van der Waals surface area contributed by atoms with Gasteiger partial charge < -0.3 is 4.74 Å². The Morgan fingerprint density at radius 1 is 1.29 bits per heavy atom. The predicted molar refractivity (Wildman–Crippen MR) is 51.6 cm³/mol. The summed E-state index contributed by atoms with van der Waals surface area (Å²) in [7, 11) is 1.36. The third-order valence-corrected chi connectivity index (χ3v) is 1.88. The highest BCUT2D eigenvalue weighted by atomic mass is 16.5. The Kier molecular flexibility index (Phi) is 3.85. The first kappa shape index (κ1) is 10.4. The van der Waals surface area contributed by atoms with E-state index < -0.39 is 0 Å². The van der Waals surface area contributed by atoms with Crippen molar-refractivity contribution in [2.45, 2.75) is 12.8 Å². The molecule has 14 heavy (non-hydrogen) atoms. The van der Waals surface area contributed by atoms with Crippen molar-refractivity contribution in [1.29, 1.82) is 0 Å². The Bertz CT molecular complexity index is 314. The van der Waals surface area contributed by atoms with Gasteiger partial charge in [-0.1, -0.05) is 24.3 Å². The van der Waals surface area contributed by atoms with Crippen molar-refractivity contribution in [2.75, 3.05) is 7.11 Å². The lowest BCUT2D eigenvalue weighted by molar-refractivity contribution is -0.139. The molecule has 3 heteroatoms. The molecule has 1 radical (unpaired) electrons. The highest BCUT2D eigenvalue weighted by Crippen LogP contribution is 2.05. The van der Waals surface area contributed by atoms with E-state index in [0.717, 1.165) is 11.1 Å². The van der Waals surface area contributed by atoms with Gasteiger partial charge in [-0.05, 0) is 11.1 Å². The van der Waals surface area contributed by atoms with Crippen molar-refractivity contribution in [3.05, 3.63) is 35.4 Å². The van der Waals surface area contributed by atoms with Crippen LogP contribution in [0.25, 0.3) is 0 Å². The largest absolute Gasteiger partial charge is 0.469 e. The Hall–Kier alpha value is -1.64. The molecule has 73 valence electrons. The van der Waals surface area contributed by atoms with E-state index in [1.807, 2.05) is 30.6 Å². The molecule has 0 spiro atoms. The Balaban J connectivity index is 2.63. The molecule has 0 amide bonds. The van der Waals surface area contributed by atoms with Crippen LogP contribution >= 0.6 is 0 Å². The number of esters is 1. The van der Waals surface area contributed by atoms with Crippen molar-refractivity contribution >= 4 is 12.3 Å². The number of carbonyl (C=O) groups excluding carboxylic acids is 2. The van der Waals surface area contributed by atoms with Crippen LogP contribution in [0.3, 0.4) is 0 Å². The van der Waals surface area contributed by atoms with Crippen LogP contribution < -0.4 is 0 Å². The van der Waals surface area contributed by atoms with Gasteiger partial charge in [0.1, 0.15) is 0 Å². The molecule has 0 bridgehead atoms. The van der Waals surface area contributed by atoms with Gasteiger partial charge in [0.25, 0.3) is 0 Å². The van der Waals surface area contributed by atoms with Crippen molar-refractivity contribution in [1.82, 2.24) is 0 Å². The fraction of sp³-hybridized carbons (Fsp3) is 0.273. The Morgan fingerprint density at radius 2 is 1.86 bits per heavy atom. The molecule has 1 rings (SSSR count). The second-order valence-electron chi connectivity index (χ2n) is 2.89. The van der Waals surface area contributed by atoms with Crippen LogP contribution in [-0.2, 0) is 27.2 Å². The summed E-state index contributed by atoms with van der Waals surface area (Å²) in [5.74, 6) is -0.264. The standard InChI is InChI=1S/C11H11O3/c1-14-11(13)8-10-4-2-9(3-5-10)6-7-12/h2-5H,6,8H2,1H3. The average Bonchev–Trinajstić information content (AvgIpc) is 2.21. The molecule has 0 fully saturated rings. The van der Waals surface area contributed by atoms with E-state index >= 15 is 0 Å². The quantitative estimate of drug-likeness (QED) is 0.668. The molecule has 3 nitrogen and oxygen atoms in total. The molecule has 0 aliphatic rings. The van der Waals surface area contributed by atoms with Gasteiger partial charge in [0.05, 0.1) is 13.5 Å². The van der Waals surface area contributed by atoms with Crippen molar-refractivity contribution in [3.8, 4) is 0 Å². The molecule has 1 aromatic rings. The third kappa shape index (κ3) is 3.01. The topological polar surface area (TPSA) is 43.4 Å². The first-order valence-electron chi connectivity index (χ1n) is 4.26. The van der Waals surface area contributed by atoms with Crippen LogP contribution in [-0.4, -0.2) is 19.4 Å². The van der Waals surface area contributed by atoms with E-state index in [-0.39, 0.29) is 12.4 Å². The van der Waals surface area contributed by atoms with Gasteiger partial charge in [-0.3, -0.25) is 9.59 Å². The molecule has 0 aliphatic carbocycles. The van der Waals surface area contributed by atoms with E-state index in [1.54, 1.807) is 0 Å². The van der Waals surface area contributed by atoms with Crippen LogP contribution in [0.5, 0.6) is 0 Å². The van der Waals surface area contributed by atoms with Gasteiger partial charge in [0.2, 0.25) is 6.29 Å². The Morgan fingerprint density at radius 3 is 2.36 bits per heavy atom. The fourth-order valence-corrected chi connectivity index (χ4v) is 1.10. The summed E-state index contributed by atoms with van der Waals surface area (Å²) in [6.45, 7) is 0. The zero-order valence-electron chi connectivity index (χ0n) is 7.95. The fourth-order valence-electron chi connectivity index (χ4n) is 1.10.